The van der Waals surface area contributed by atoms with Crippen molar-refractivity contribution in [3.63, 3.8) is 0 Å². The molecule has 1 aliphatic rings. The summed E-state index contributed by atoms with van der Waals surface area (Å²) in [6.45, 7) is 3.53. The summed E-state index contributed by atoms with van der Waals surface area (Å²) >= 11 is 0. The summed E-state index contributed by atoms with van der Waals surface area (Å²) in [5, 5.41) is 11.9. The van der Waals surface area contributed by atoms with E-state index < -0.39 is 6.10 Å². The van der Waals surface area contributed by atoms with Crippen molar-refractivity contribution in [2.45, 2.75) is 57.7 Å². The number of nitrogens with one attached hydrogen (secondary N) is 1. The van der Waals surface area contributed by atoms with Crippen LogP contribution in [0.25, 0.3) is 0 Å². The number of rotatable bonds is 3. The molecule has 0 spiro atoms. The Balaban J connectivity index is 2.29. The van der Waals surface area contributed by atoms with Crippen LogP contribution in [0.15, 0.2) is 0 Å². The molecule has 1 amide bonds. The Bertz CT molecular complexity index is 209. The summed E-state index contributed by atoms with van der Waals surface area (Å²) in [5.74, 6) is 0.323. The maximum Gasteiger partial charge on any atom is 0.248 e. The van der Waals surface area contributed by atoms with Gasteiger partial charge in [-0.05, 0) is 45.4 Å². The van der Waals surface area contributed by atoms with E-state index in [4.69, 9.17) is 10.8 Å². The van der Waals surface area contributed by atoms with Gasteiger partial charge in [0.15, 0.2) is 0 Å². The van der Waals surface area contributed by atoms with Crippen LogP contribution in [0.5, 0.6) is 0 Å². The van der Waals surface area contributed by atoms with Gasteiger partial charge in [0.2, 0.25) is 5.91 Å². The van der Waals surface area contributed by atoms with Crippen molar-refractivity contribution in [2.75, 3.05) is 0 Å². The van der Waals surface area contributed by atoms with Gasteiger partial charge in [-0.15, -0.1) is 0 Å². The third kappa shape index (κ3) is 3.80. The van der Waals surface area contributed by atoms with Crippen LogP contribution >= 0.6 is 0 Å². The summed E-state index contributed by atoms with van der Waals surface area (Å²) in [4.78, 5) is 11.2. The highest BCUT2D eigenvalue weighted by molar-refractivity contribution is 5.80. The van der Waals surface area contributed by atoms with Crippen LogP contribution in [0.4, 0.5) is 0 Å². The van der Waals surface area contributed by atoms with Crippen molar-refractivity contribution >= 4 is 5.91 Å². The molecule has 88 valence electrons. The average molecular weight is 214 g/mol. The molecule has 0 saturated heterocycles. The van der Waals surface area contributed by atoms with Gasteiger partial charge >= 0.3 is 0 Å². The monoisotopic (exact) mass is 214 g/mol. The predicted molar refractivity (Wildman–Crippen MR) is 59.2 cm³/mol. The van der Waals surface area contributed by atoms with Crippen molar-refractivity contribution in [1.29, 1.82) is 0 Å². The smallest absolute Gasteiger partial charge is 0.248 e. The van der Waals surface area contributed by atoms with Crippen LogP contribution in [0.2, 0.25) is 0 Å². The van der Waals surface area contributed by atoms with E-state index in [9.17, 15) is 4.79 Å². The number of hydrogen-bond donors (Lipinski definition) is 3. The minimum Gasteiger partial charge on any atom is -0.384 e. The molecule has 2 atom stereocenters. The maximum atomic E-state index is 11.2. The Morgan fingerprint density at radius 3 is 2.27 bits per heavy atom. The van der Waals surface area contributed by atoms with E-state index in [0.29, 0.717) is 5.92 Å². The van der Waals surface area contributed by atoms with Gasteiger partial charge in [0.25, 0.3) is 0 Å². The molecule has 1 saturated carbocycles. The zero-order chi connectivity index (χ0) is 11.4. The molecule has 0 radical (unpaired) electrons. The highest BCUT2D eigenvalue weighted by Crippen LogP contribution is 2.26. The molecule has 4 N–H and O–H groups in total. The van der Waals surface area contributed by atoms with Crippen LogP contribution in [-0.4, -0.2) is 29.2 Å². The molecular weight excluding hydrogens is 192 g/mol. The van der Waals surface area contributed by atoms with Gasteiger partial charge in [-0.1, -0.05) is 0 Å². The number of amides is 1. The van der Waals surface area contributed by atoms with Crippen molar-refractivity contribution in [3.8, 4) is 0 Å². The SMILES string of the molecule is CC(O)C(=O)NC1CCC(C(C)N)CC1. The predicted octanol–water partition coefficient (Wildman–Crippen LogP) is 0.389. The van der Waals surface area contributed by atoms with Crippen LogP contribution in [-0.2, 0) is 4.79 Å². The van der Waals surface area contributed by atoms with E-state index >= 15 is 0 Å². The van der Waals surface area contributed by atoms with E-state index in [0.717, 1.165) is 25.7 Å². The van der Waals surface area contributed by atoms with Crippen molar-refractivity contribution in [2.24, 2.45) is 11.7 Å². The molecule has 0 aromatic rings. The number of nitrogens with two attached hydrogens (primary N) is 1. The van der Waals surface area contributed by atoms with Gasteiger partial charge < -0.3 is 16.2 Å². The van der Waals surface area contributed by atoms with E-state index in [2.05, 4.69) is 5.32 Å². The van der Waals surface area contributed by atoms with Crippen LogP contribution in [0, 0.1) is 5.92 Å². The molecule has 0 aliphatic heterocycles. The molecule has 0 aromatic carbocycles. The van der Waals surface area contributed by atoms with Gasteiger partial charge in [-0.2, -0.15) is 0 Å². The van der Waals surface area contributed by atoms with E-state index in [1.54, 1.807) is 0 Å². The Hall–Kier alpha value is -0.610. The van der Waals surface area contributed by atoms with E-state index in [1.807, 2.05) is 6.92 Å². The first-order valence-electron chi connectivity index (χ1n) is 5.74. The molecule has 0 bridgehead atoms. The molecule has 1 rings (SSSR count). The molecular formula is C11H22N2O2. The van der Waals surface area contributed by atoms with Gasteiger partial charge in [-0.3, -0.25) is 4.79 Å². The number of hydrogen-bond acceptors (Lipinski definition) is 3. The first-order valence-corrected chi connectivity index (χ1v) is 5.74. The van der Waals surface area contributed by atoms with Gasteiger partial charge in [0, 0.05) is 12.1 Å². The van der Waals surface area contributed by atoms with Gasteiger partial charge in [0.05, 0.1) is 0 Å². The first-order chi connectivity index (χ1) is 7.00. The number of aliphatic hydroxyl groups excluding tert-OH is 1. The maximum absolute atomic E-state index is 11.2. The first kappa shape index (κ1) is 12.5. The lowest BCUT2D eigenvalue weighted by atomic mass is 9.82. The molecule has 4 nitrogen and oxygen atoms in total. The second-order valence-electron chi connectivity index (χ2n) is 4.66. The second-order valence-corrected chi connectivity index (χ2v) is 4.66. The topological polar surface area (TPSA) is 75.3 Å². The molecule has 1 fully saturated rings. The average Bonchev–Trinajstić information content (AvgIpc) is 2.18. The third-order valence-electron chi connectivity index (χ3n) is 3.24. The lowest BCUT2D eigenvalue weighted by molar-refractivity contribution is -0.129. The number of carbonyl (C=O) groups excluding carboxylic acids is 1. The summed E-state index contributed by atoms with van der Waals surface area (Å²) in [6, 6.07) is 0.473. The molecule has 2 unspecified atom stereocenters. The number of aliphatic hydroxyl groups is 1. The lowest BCUT2D eigenvalue weighted by Crippen LogP contribution is -2.43. The lowest BCUT2D eigenvalue weighted by Gasteiger charge is -2.31. The molecule has 1 aliphatic carbocycles. The van der Waals surface area contributed by atoms with Crippen molar-refractivity contribution < 1.29 is 9.90 Å². The summed E-state index contributed by atoms with van der Waals surface area (Å²) < 4.78 is 0. The zero-order valence-electron chi connectivity index (χ0n) is 9.57. The van der Waals surface area contributed by atoms with Crippen molar-refractivity contribution in [3.05, 3.63) is 0 Å². The van der Waals surface area contributed by atoms with E-state index in [1.165, 1.54) is 6.92 Å². The standard InChI is InChI=1S/C11H22N2O2/c1-7(12)9-3-5-10(6-4-9)13-11(15)8(2)14/h7-10,14H,3-6,12H2,1-2H3,(H,13,15). The highest BCUT2D eigenvalue weighted by Gasteiger charge is 2.25. The Morgan fingerprint density at radius 1 is 1.33 bits per heavy atom. The normalized spacial score (nSPS) is 30.7. The molecule has 15 heavy (non-hydrogen) atoms. The van der Waals surface area contributed by atoms with Crippen LogP contribution < -0.4 is 11.1 Å². The van der Waals surface area contributed by atoms with Crippen molar-refractivity contribution in [1.82, 2.24) is 5.32 Å². The minimum atomic E-state index is -0.906. The van der Waals surface area contributed by atoms with Crippen LogP contribution in [0.1, 0.15) is 39.5 Å². The quantitative estimate of drug-likeness (QED) is 0.636. The largest absolute Gasteiger partial charge is 0.384 e. The molecule has 0 heterocycles. The molecule has 4 heteroatoms. The highest BCUT2D eigenvalue weighted by atomic mass is 16.3. The fraction of sp³-hybridized carbons (Fsp3) is 0.909. The van der Waals surface area contributed by atoms with Gasteiger partial charge in [-0.25, -0.2) is 0 Å². The summed E-state index contributed by atoms with van der Waals surface area (Å²) in [5.41, 5.74) is 5.83. The van der Waals surface area contributed by atoms with Crippen LogP contribution in [0.3, 0.4) is 0 Å². The number of carbonyl (C=O) groups is 1. The Labute approximate surface area is 91.2 Å². The van der Waals surface area contributed by atoms with Gasteiger partial charge in [0.1, 0.15) is 6.10 Å². The third-order valence-corrected chi connectivity index (χ3v) is 3.24. The minimum absolute atomic E-state index is 0.224. The fourth-order valence-electron chi connectivity index (χ4n) is 2.11. The Kier molecular flexibility index (Phi) is 4.54. The summed E-state index contributed by atoms with van der Waals surface area (Å²) in [7, 11) is 0. The summed E-state index contributed by atoms with van der Waals surface area (Å²) in [6.07, 6.45) is 3.19. The Morgan fingerprint density at radius 2 is 1.87 bits per heavy atom. The molecule has 0 aromatic heterocycles. The fourth-order valence-corrected chi connectivity index (χ4v) is 2.11. The zero-order valence-corrected chi connectivity index (χ0v) is 9.57. The second kappa shape index (κ2) is 5.47. The van der Waals surface area contributed by atoms with E-state index in [-0.39, 0.29) is 18.0 Å².